The summed E-state index contributed by atoms with van der Waals surface area (Å²) in [5.41, 5.74) is -0.543. The molecular formula is C19H15BrClF3N2O4. The number of benzene rings is 2. The molecule has 0 aliphatic rings. The van der Waals surface area contributed by atoms with Gasteiger partial charge in [-0.2, -0.15) is 13.2 Å². The molecule has 2 aromatic rings. The number of ether oxygens (including phenoxy) is 1. The fourth-order valence-electron chi connectivity index (χ4n) is 2.20. The van der Waals surface area contributed by atoms with E-state index in [4.69, 9.17) is 16.3 Å². The number of hydrogen-bond acceptors (Lipinski definition) is 4. The highest BCUT2D eigenvalue weighted by atomic mass is 79.9. The number of hydrogen-bond donors (Lipinski definition) is 2. The molecule has 2 rings (SSSR count). The van der Waals surface area contributed by atoms with Crippen molar-refractivity contribution in [3.05, 3.63) is 57.5 Å². The molecule has 2 amide bonds. The van der Waals surface area contributed by atoms with Crippen LogP contribution in [0.1, 0.15) is 18.4 Å². The minimum atomic E-state index is -4.54. The Balaban J connectivity index is 1.74. The predicted octanol–water partition coefficient (Wildman–Crippen LogP) is 5.02. The van der Waals surface area contributed by atoms with E-state index in [0.717, 1.165) is 18.2 Å². The fourth-order valence-corrected chi connectivity index (χ4v) is 2.63. The first-order valence-electron chi connectivity index (χ1n) is 8.42. The van der Waals surface area contributed by atoms with E-state index < -0.39 is 36.1 Å². The van der Waals surface area contributed by atoms with Crippen molar-refractivity contribution in [1.82, 2.24) is 0 Å². The van der Waals surface area contributed by atoms with Gasteiger partial charge in [0, 0.05) is 22.3 Å². The molecule has 0 aromatic heterocycles. The van der Waals surface area contributed by atoms with E-state index in [0.29, 0.717) is 15.2 Å². The van der Waals surface area contributed by atoms with Gasteiger partial charge in [0.15, 0.2) is 6.61 Å². The standard InChI is InChI=1S/C19H15BrClF3N2O4/c20-14-5-4-13(9-15(14)21)26-17(28)10-30-18(29)7-6-16(27)25-12-3-1-2-11(8-12)19(22,23)24/h1-5,8-9H,6-7,10H2,(H,25,27)(H,26,28). The molecule has 160 valence electrons. The largest absolute Gasteiger partial charge is 0.456 e. The summed E-state index contributed by atoms with van der Waals surface area (Å²) in [6.07, 6.45) is -5.20. The maximum absolute atomic E-state index is 12.7. The number of carbonyl (C=O) groups is 3. The number of carbonyl (C=O) groups excluding carboxylic acids is 3. The number of rotatable bonds is 7. The van der Waals surface area contributed by atoms with Crippen LogP contribution in [0.15, 0.2) is 46.9 Å². The minimum absolute atomic E-state index is 0.0456. The summed E-state index contributed by atoms with van der Waals surface area (Å²) >= 11 is 9.12. The van der Waals surface area contributed by atoms with Gasteiger partial charge < -0.3 is 15.4 Å². The van der Waals surface area contributed by atoms with Crippen LogP contribution < -0.4 is 10.6 Å². The van der Waals surface area contributed by atoms with E-state index >= 15 is 0 Å². The maximum Gasteiger partial charge on any atom is 0.416 e. The van der Waals surface area contributed by atoms with Gasteiger partial charge >= 0.3 is 12.1 Å². The van der Waals surface area contributed by atoms with E-state index in [1.165, 1.54) is 12.1 Å². The summed E-state index contributed by atoms with van der Waals surface area (Å²) in [5, 5.41) is 5.15. The third-order valence-corrected chi connectivity index (χ3v) is 4.83. The lowest BCUT2D eigenvalue weighted by molar-refractivity contribution is -0.147. The summed E-state index contributed by atoms with van der Waals surface area (Å²) in [4.78, 5) is 35.3. The highest BCUT2D eigenvalue weighted by Gasteiger charge is 2.30. The first kappa shape index (κ1) is 23.7. The number of alkyl halides is 3. The minimum Gasteiger partial charge on any atom is -0.456 e. The van der Waals surface area contributed by atoms with E-state index in [-0.39, 0.29) is 18.5 Å². The van der Waals surface area contributed by atoms with Crippen LogP contribution in [0, 0.1) is 0 Å². The van der Waals surface area contributed by atoms with Crippen LogP contribution in [0.25, 0.3) is 0 Å². The van der Waals surface area contributed by atoms with E-state index in [1.807, 2.05) is 0 Å². The van der Waals surface area contributed by atoms with Crippen molar-refractivity contribution in [1.29, 1.82) is 0 Å². The number of amides is 2. The topological polar surface area (TPSA) is 84.5 Å². The van der Waals surface area contributed by atoms with Gasteiger partial charge in [0.2, 0.25) is 5.91 Å². The first-order valence-corrected chi connectivity index (χ1v) is 9.59. The average Bonchev–Trinajstić information content (AvgIpc) is 2.67. The third kappa shape index (κ3) is 7.68. The second-order valence-electron chi connectivity index (χ2n) is 5.96. The number of anilines is 2. The molecule has 0 unspecified atom stereocenters. The first-order chi connectivity index (χ1) is 14.0. The van der Waals surface area contributed by atoms with Gasteiger partial charge in [-0.15, -0.1) is 0 Å². The maximum atomic E-state index is 12.7. The van der Waals surface area contributed by atoms with Crippen molar-refractivity contribution >= 4 is 56.7 Å². The second-order valence-corrected chi connectivity index (χ2v) is 7.23. The molecule has 0 spiro atoms. The number of nitrogens with one attached hydrogen (secondary N) is 2. The highest BCUT2D eigenvalue weighted by molar-refractivity contribution is 9.10. The van der Waals surface area contributed by atoms with Crippen LogP contribution in [-0.2, 0) is 25.3 Å². The molecule has 0 aliphatic carbocycles. The van der Waals surface area contributed by atoms with E-state index in [1.54, 1.807) is 12.1 Å². The molecule has 0 radical (unpaired) electrons. The molecule has 6 nitrogen and oxygen atoms in total. The van der Waals surface area contributed by atoms with Gasteiger partial charge in [-0.05, 0) is 52.3 Å². The van der Waals surface area contributed by atoms with Crippen LogP contribution >= 0.6 is 27.5 Å². The van der Waals surface area contributed by atoms with Crippen LogP contribution in [0.2, 0.25) is 5.02 Å². The Hall–Kier alpha value is -2.59. The Morgan fingerprint density at radius 2 is 1.63 bits per heavy atom. The van der Waals surface area contributed by atoms with Crippen molar-refractivity contribution in [2.45, 2.75) is 19.0 Å². The molecule has 2 N–H and O–H groups in total. The van der Waals surface area contributed by atoms with Crippen LogP contribution in [0.3, 0.4) is 0 Å². The summed E-state index contributed by atoms with van der Waals surface area (Å²) in [5.74, 6) is -2.08. The highest BCUT2D eigenvalue weighted by Crippen LogP contribution is 2.30. The summed E-state index contributed by atoms with van der Waals surface area (Å²) < 4.78 is 43.4. The van der Waals surface area contributed by atoms with Crippen molar-refractivity contribution in [2.75, 3.05) is 17.2 Å². The SMILES string of the molecule is O=C(CCC(=O)OCC(=O)Nc1ccc(Br)c(Cl)c1)Nc1cccc(C(F)(F)F)c1. The van der Waals surface area contributed by atoms with Crippen molar-refractivity contribution in [2.24, 2.45) is 0 Å². The lowest BCUT2D eigenvalue weighted by atomic mass is 10.2. The predicted molar refractivity (Wildman–Crippen MR) is 108 cm³/mol. The lowest BCUT2D eigenvalue weighted by Crippen LogP contribution is -2.21. The van der Waals surface area contributed by atoms with Crippen molar-refractivity contribution < 1.29 is 32.3 Å². The van der Waals surface area contributed by atoms with Crippen molar-refractivity contribution in [3.63, 3.8) is 0 Å². The van der Waals surface area contributed by atoms with Gasteiger partial charge in [0.05, 0.1) is 17.0 Å². The number of esters is 1. The molecule has 0 atom stereocenters. The molecule has 2 aromatic carbocycles. The molecule has 30 heavy (non-hydrogen) atoms. The average molecular weight is 508 g/mol. The van der Waals surface area contributed by atoms with E-state index in [2.05, 4.69) is 26.6 Å². The Morgan fingerprint density at radius 3 is 2.30 bits per heavy atom. The Labute approximate surface area is 182 Å². The van der Waals surface area contributed by atoms with Gasteiger partial charge in [0.25, 0.3) is 5.91 Å². The molecule has 0 saturated heterocycles. The molecule has 0 fully saturated rings. The molecule has 0 saturated carbocycles. The number of halogens is 5. The second kappa shape index (κ2) is 10.4. The van der Waals surface area contributed by atoms with Gasteiger partial charge in [-0.1, -0.05) is 17.7 Å². The Kier molecular flexibility index (Phi) is 8.24. The summed E-state index contributed by atoms with van der Waals surface area (Å²) in [6, 6.07) is 8.84. The van der Waals surface area contributed by atoms with Gasteiger partial charge in [0.1, 0.15) is 0 Å². The smallest absolute Gasteiger partial charge is 0.416 e. The molecule has 0 bridgehead atoms. The van der Waals surface area contributed by atoms with Crippen LogP contribution in [0.5, 0.6) is 0 Å². The third-order valence-electron chi connectivity index (χ3n) is 3.60. The van der Waals surface area contributed by atoms with E-state index in [9.17, 15) is 27.6 Å². The molecule has 11 heteroatoms. The Morgan fingerprint density at radius 1 is 0.967 bits per heavy atom. The monoisotopic (exact) mass is 506 g/mol. The molecular weight excluding hydrogens is 493 g/mol. The van der Waals surface area contributed by atoms with Gasteiger partial charge in [-0.3, -0.25) is 14.4 Å². The van der Waals surface area contributed by atoms with Gasteiger partial charge in [-0.25, -0.2) is 0 Å². The Bertz CT molecular complexity index is 954. The molecule has 0 aliphatic heterocycles. The lowest BCUT2D eigenvalue weighted by Gasteiger charge is -2.10. The summed E-state index contributed by atoms with van der Waals surface area (Å²) in [6.45, 7) is -0.568. The zero-order valence-electron chi connectivity index (χ0n) is 15.2. The quantitative estimate of drug-likeness (QED) is 0.515. The summed E-state index contributed by atoms with van der Waals surface area (Å²) in [7, 11) is 0. The normalized spacial score (nSPS) is 11.0. The molecule has 0 heterocycles. The van der Waals surface area contributed by atoms with Crippen molar-refractivity contribution in [3.8, 4) is 0 Å². The zero-order chi connectivity index (χ0) is 22.3. The van der Waals surface area contributed by atoms with Crippen LogP contribution in [0.4, 0.5) is 24.5 Å². The zero-order valence-corrected chi connectivity index (χ0v) is 17.5. The fraction of sp³-hybridized carbons (Fsp3) is 0.211. The van der Waals surface area contributed by atoms with Crippen LogP contribution in [-0.4, -0.2) is 24.4 Å².